The molecule has 1 rings (SSSR count). The van der Waals surface area contributed by atoms with Gasteiger partial charge in [-0.1, -0.05) is 12.1 Å². The number of hydrogen-bond acceptors (Lipinski definition) is 3. The third kappa shape index (κ3) is 4.32. The van der Waals surface area contributed by atoms with Gasteiger partial charge in [-0.3, -0.25) is 0 Å². The van der Waals surface area contributed by atoms with Crippen molar-refractivity contribution in [1.82, 2.24) is 4.90 Å². The van der Waals surface area contributed by atoms with Gasteiger partial charge in [-0.2, -0.15) is 0 Å². The molecule has 0 heterocycles. The van der Waals surface area contributed by atoms with Crippen molar-refractivity contribution in [2.45, 2.75) is 18.9 Å². The minimum atomic E-state index is -0.529. The van der Waals surface area contributed by atoms with Crippen LogP contribution in [-0.4, -0.2) is 43.9 Å². The van der Waals surface area contributed by atoms with Gasteiger partial charge in [0.25, 0.3) is 0 Å². The molecule has 1 atom stereocenters. The lowest BCUT2D eigenvalue weighted by molar-refractivity contribution is 0.151. The molecule has 1 aromatic carbocycles. The van der Waals surface area contributed by atoms with E-state index in [2.05, 4.69) is 0 Å². The Balaban J connectivity index is 2.62. The molecule has 1 unspecified atom stereocenters. The molecule has 0 aliphatic heterocycles. The fraction of sp³-hybridized carbons (Fsp3) is 0.538. The zero-order chi connectivity index (χ0) is 12.8. The van der Waals surface area contributed by atoms with Crippen LogP contribution in [0.2, 0.25) is 0 Å². The quantitative estimate of drug-likeness (QED) is 0.822. The van der Waals surface area contributed by atoms with E-state index in [1.807, 2.05) is 19.0 Å². The molecule has 0 saturated heterocycles. The zero-order valence-corrected chi connectivity index (χ0v) is 10.6. The zero-order valence-electron chi connectivity index (χ0n) is 10.6. The van der Waals surface area contributed by atoms with Crippen molar-refractivity contribution in [2.24, 2.45) is 0 Å². The second-order valence-electron chi connectivity index (χ2n) is 4.38. The first-order valence-electron chi connectivity index (χ1n) is 5.68. The summed E-state index contributed by atoms with van der Waals surface area (Å²) in [6.45, 7) is 0.784. The van der Waals surface area contributed by atoms with Gasteiger partial charge in [-0.15, -0.1) is 0 Å². The van der Waals surface area contributed by atoms with Gasteiger partial charge >= 0.3 is 0 Å². The number of rotatable bonds is 6. The van der Waals surface area contributed by atoms with Crippen LogP contribution in [0.1, 0.15) is 12.0 Å². The van der Waals surface area contributed by atoms with Gasteiger partial charge in [-0.25, -0.2) is 4.39 Å². The van der Waals surface area contributed by atoms with Crippen LogP contribution >= 0.6 is 0 Å². The highest BCUT2D eigenvalue weighted by molar-refractivity contribution is 5.31. The Morgan fingerprint density at radius 3 is 2.71 bits per heavy atom. The molecule has 0 fully saturated rings. The van der Waals surface area contributed by atoms with Crippen LogP contribution in [0.3, 0.4) is 0 Å². The Morgan fingerprint density at radius 2 is 2.12 bits per heavy atom. The Labute approximate surface area is 102 Å². The first-order chi connectivity index (χ1) is 8.04. The average molecular weight is 241 g/mol. The first-order valence-corrected chi connectivity index (χ1v) is 5.68. The van der Waals surface area contributed by atoms with Gasteiger partial charge < -0.3 is 14.7 Å². The lowest BCUT2D eigenvalue weighted by atomic mass is 10.0. The second-order valence-corrected chi connectivity index (χ2v) is 4.38. The molecule has 3 nitrogen and oxygen atoms in total. The van der Waals surface area contributed by atoms with Crippen LogP contribution in [0.4, 0.5) is 4.39 Å². The Hall–Kier alpha value is -1.13. The molecule has 0 bridgehead atoms. The van der Waals surface area contributed by atoms with E-state index >= 15 is 0 Å². The van der Waals surface area contributed by atoms with E-state index in [0.29, 0.717) is 18.4 Å². The molecule has 1 aromatic rings. The number of hydrogen-bond donors (Lipinski definition) is 1. The Bertz CT molecular complexity index is 355. The highest BCUT2D eigenvalue weighted by Gasteiger charge is 2.12. The topological polar surface area (TPSA) is 32.7 Å². The van der Waals surface area contributed by atoms with E-state index in [1.54, 1.807) is 18.2 Å². The minimum Gasteiger partial charge on any atom is -0.494 e. The lowest BCUT2D eigenvalue weighted by Crippen LogP contribution is -2.21. The van der Waals surface area contributed by atoms with E-state index in [-0.39, 0.29) is 11.6 Å². The maximum Gasteiger partial charge on any atom is 0.168 e. The van der Waals surface area contributed by atoms with Gasteiger partial charge in [0.15, 0.2) is 11.6 Å². The molecule has 1 N–H and O–H groups in total. The molecule has 0 aliphatic carbocycles. The van der Waals surface area contributed by atoms with E-state index in [0.717, 1.165) is 6.54 Å². The van der Waals surface area contributed by atoms with Crippen molar-refractivity contribution < 1.29 is 14.2 Å². The van der Waals surface area contributed by atoms with Crippen LogP contribution in [0.15, 0.2) is 18.2 Å². The first kappa shape index (κ1) is 13.9. The summed E-state index contributed by atoms with van der Waals surface area (Å²) < 4.78 is 18.7. The highest BCUT2D eigenvalue weighted by Crippen LogP contribution is 2.21. The molecule has 0 amide bonds. The molecular weight excluding hydrogens is 221 g/mol. The highest BCUT2D eigenvalue weighted by atomic mass is 19.1. The smallest absolute Gasteiger partial charge is 0.168 e. The number of benzene rings is 1. The summed E-state index contributed by atoms with van der Waals surface area (Å²) in [7, 11) is 5.32. The monoisotopic (exact) mass is 241 g/mol. The molecule has 0 aliphatic rings. The van der Waals surface area contributed by atoms with Crippen LogP contribution in [0, 0.1) is 5.82 Å². The Kier molecular flexibility index (Phi) is 5.38. The SMILES string of the molecule is COc1cccc(CC(O)CCN(C)C)c1F. The third-order valence-corrected chi connectivity index (χ3v) is 2.63. The minimum absolute atomic E-state index is 0.224. The number of halogens is 1. The van der Waals surface area contributed by atoms with Gasteiger partial charge in [0.1, 0.15) is 0 Å². The molecular formula is C13H20FNO2. The summed E-state index contributed by atoms with van der Waals surface area (Å²) >= 11 is 0. The largest absolute Gasteiger partial charge is 0.494 e. The number of aliphatic hydroxyl groups is 1. The fourth-order valence-electron chi connectivity index (χ4n) is 1.63. The predicted octanol–water partition coefficient (Wildman–Crippen LogP) is 1.69. The number of ether oxygens (including phenoxy) is 1. The van der Waals surface area contributed by atoms with Gasteiger partial charge in [0, 0.05) is 6.42 Å². The number of nitrogens with zero attached hydrogens (tertiary/aromatic N) is 1. The summed E-state index contributed by atoms with van der Waals surface area (Å²) in [5.41, 5.74) is 0.496. The Morgan fingerprint density at radius 1 is 1.41 bits per heavy atom. The van der Waals surface area contributed by atoms with E-state index in [4.69, 9.17) is 4.74 Å². The molecule has 96 valence electrons. The maximum atomic E-state index is 13.8. The van der Waals surface area contributed by atoms with Crippen molar-refractivity contribution in [2.75, 3.05) is 27.7 Å². The third-order valence-electron chi connectivity index (χ3n) is 2.63. The lowest BCUT2D eigenvalue weighted by Gasteiger charge is -2.15. The van der Waals surface area contributed by atoms with Crippen LogP contribution in [0.5, 0.6) is 5.75 Å². The summed E-state index contributed by atoms with van der Waals surface area (Å²) in [5, 5.41) is 9.81. The van der Waals surface area contributed by atoms with E-state index < -0.39 is 6.10 Å². The molecule has 0 radical (unpaired) electrons. The molecule has 0 aromatic heterocycles. The van der Waals surface area contributed by atoms with Gasteiger partial charge in [0.2, 0.25) is 0 Å². The summed E-state index contributed by atoms with van der Waals surface area (Å²) in [6, 6.07) is 4.98. The fourth-order valence-corrected chi connectivity index (χ4v) is 1.63. The van der Waals surface area contributed by atoms with E-state index in [9.17, 15) is 9.50 Å². The van der Waals surface area contributed by atoms with Crippen LogP contribution < -0.4 is 4.74 Å². The average Bonchev–Trinajstić information content (AvgIpc) is 2.29. The van der Waals surface area contributed by atoms with Crippen molar-refractivity contribution in [1.29, 1.82) is 0 Å². The van der Waals surface area contributed by atoms with Crippen LogP contribution in [-0.2, 0) is 6.42 Å². The molecule has 0 saturated carbocycles. The summed E-state index contributed by atoms with van der Waals surface area (Å²) in [5.74, 6) is -0.152. The van der Waals surface area contributed by atoms with Crippen LogP contribution in [0.25, 0.3) is 0 Å². The predicted molar refractivity (Wildman–Crippen MR) is 65.8 cm³/mol. The summed E-state index contributed by atoms with van der Waals surface area (Å²) in [4.78, 5) is 1.99. The number of aliphatic hydroxyl groups excluding tert-OH is 1. The van der Waals surface area contributed by atoms with Crippen molar-refractivity contribution in [3.63, 3.8) is 0 Å². The number of methoxy groups -OCH3 is 1. The molecule has 0 spiro atoms. The molecule has 17 heavy (non-hydrogen) atoms. The maximum absolute atomic E-state index is 13.8. The standard InChI is InChI=1S/C13H20FNO2/c1-15(2)8-7-11(16)9-10-5-4-6-12(17-3)13(10)14/h4-6,11,16H,7-9H2,1-3H3. The van der Waals surface area contributed by atoms with E-state index in [1.165, 1.54) is 7.11 Å². The van der Waals surface area contributed by atoms with Gasteiger partial charge in [-0.05, 0) is 38.7 Å². The van der Waals surface area contributed by atoms with Crippen molar-refractivity contribution in [3.05, 3.63) is 29.6 Å². The second kappa shape index (κ2) is 6.57. The normalized spacial score (nSPS) is 12.8. The van der Waals surface area contributed by atoms with Crippen molar-refractivity contribution in [3.8, 4) is 5.75 Å². The van der Waals surface area contributed by atoms with Gasteiger partial charge in [0.05, 0.1) is 13.2 Å². The molecule has 4 heteroatoms. The van der Waals surface area contributed by atoms with Crippen molar-refractivity contribution >= 4 is 0 Å². The summed E-state index contributed by atoms with van der Waals surface area (Å²) in [6.07, 6.45) is 0.416.